The van der Waals surface area contributed by atoms with Gasteiger partial charge >= 0.3 is 5.97 Å². The third-order valence-corrected chi connectivity index (χ3v) is 3.73. The molecule has 20 heavy (non-hydrogen) atoms. The van der Waals surface area contributed by atoms with Gasteiger partial charge in [-0.3, -0.25) is 9.59 Å². The molecule has 2 heterocycles. The van der Waals surface area contributed by atoms with Gasteiger partial charge in [0.15, 0.2) is 0 Å². The number of carbonyl (C=O) groups is 1. The third-order valence-electron chi connectivity index (χ3n) is 2.84. The number of carboxylic acids is 1. The highest BCUT2D eigenvalue weighted by molar-refractivity contribution is 7.13. The Morgan fingerprint density at radius 2 is 2.20 bits per heavy atom. The molecule has 0 saturated heterocycles. The summed E-state index contributed by atoms with van der Waals surface area (Å²) in [7, 11) is 0. The Morgan fingerprint density at radius 3 is 2.80 bits per heavy atom. The molecule has 0 atom stereocenters. The summed E-state index contributed by atoms with van der Waals surface area (Å²) in [6.07, 6.45) is 0.343. The van der Waals surface area contributed by atoms with Crippen molar-refractivity contribution in [2.75, 3.05) is 0 Å². The lowest BCUT2D eigenvalue weighted by Gasteiger charge is -2.11. The first-order valence-electron chi connectivity index (χ1n) is 6.03. The molecule has 102 valence electrons. The molecule has 2 rings (SSSR count). The topological polar surface area (TPSA) is 83.1 Å². The molecule has 0 aliphatic heterocycles. The van der Waals surface area contributed by atoms with E-state index in [1.165, 1.54) is 22.0 Å². The fraction of sp³-hybridized carbons (Fsp3) is 0.214. The van der Waals surface area contributed by atoms with E-state index in [1.807, 2.05) is 23.6 Å². The lowest BCUT2D eigenvalue weighted by molar-refractivity contribution is -0.137. The highest BCUT2D eigenvalue weighted by Crippen LogP contribution is 2.24. The highest BCUT2D eigenvalue weighted by Gasteiger charge is 2.11. The SMILES string of the molecule is N#Cc1ccc(-c2cccs2)n(CCCC(=O)O)c1=O. The quantitative estimate of drug-likeness (QED) is 0.915. The molecule has 0 aliphatic carbocycles. The second kappa shape index (κ2) is 6.17. The Morgan fingerprint density at radius 1 is 1.40 bits per heavy atom. The van der Waals surface area contributed by atoms with Crippen molar-refractivity contribution in [3.05, 3.63) is 45.6 Å². The van der Waals surface area contributed by atoms with Crippen molar-refractivity contribution in [3.8, 4) is 16.6 Å². The molecule has 1 N–H and O–H groups in total. The van der Waals surface area contributed by atoms with Crippen molar-refractivity contribution >= 4 is 17.3 Å². The predicted octanol–water partition coefficient (Wildman–Crippen LogP) is 2.31. The summed E-state index contributed by atoms with van der Waals surface area (Å²) in [5.74, 6) is -0.896. The van der Waals surface area contributed by atoms with Crippen LogP contribution >= 0.6 is 11.3 Å². The molecule has 0 spiro atoms. The molecule has 2 aromatic heterocycles. The van der Waals surface area contributed by atoms with Gasteiger partial charge in [-0.1, -0.05) is 6.07 Å². The molecule has 0 unspecified atom stereocenters. The number of aromatic nitrogens is 1. The molecule has 6 heteroatoms. The van der Waals surface area contributed by atoms with E-state index in [-0.39, 0.29) is 24.1 Å². The molecule has 0 aliphatic rings. The standard InChI is InChI=1S/C14H12N2O3S/c15-9-10-5-6-11(12-3-2-8-20-12)16(14(10)19)7-1-4-13(17)18/h2-3,5-6,8H,1,4,7H2,(H,17,18). The first-order valence-corrected chi connectivity index (χ1v) is 6.91. The molecular formula is C14H12N2O3S. The van der Waals surface area contributed by atoms with Crippen LogP contribution in [0.1, 0.15) is 18.4 Å². The van der Waals surface area contributed by atoms with Gasteiger partial charge in [0.1, 0.15) is 11.6 Å². The number of thiophene rings is 1. The van der Waals surface area contributed by atoms with Crippen LogP contribution in [0.3, 0.4) is 0 Å². The molecule has 0 bridgehead atoms. The van der Waals surface area contributed by atoms with Gasteiger partial charge < -0.3 is 9.67 Å². The van der Waals surface area contributed by atoms with Crippen LogP contribution in [0.2, 0.25) is 0 Å². The molecule has 0 amide bonds. The first kappa shape index (κ1) is 14.0. The number of carboxylic acid groups (broad SMARTS) is 1. The molecule has 0 aromatic carbocycles. The monoisotopic (exact) mass is 288 g/mol. The number of aliphatic carboxylic acids is 1. The zero-order chi connectivity index (χ0) is 14.5. The first-order chi connectivity index (χ1) is 9.63. The maximum atomic E-state index is 12.2. The van der Waals surface area contributed by atoms with Crippen molar-refractivity contribution in [2.24, 2.45) is 0 Å². The normalized spacial score (nSPS) is 10.2. The zero-order valence-corrected chi connectivity index (χ0v) is 11.4. The molecule has 0 fully saturated rings. The largest absolute Gasteiger partial charge is 0.481 e. The Labute approximate surface area is 119 Å². The van der Waals surface area contributed by atoms with Crippen molar-refractivity contribution in [2.45, 2.75) is 19.4 Å². The summed E-state index contributed by atoms with van der Waals surface area (Å²) in [6, 6.07) is 8.86. The Balaban J connectivity index is 2.42. The van der Waals surface area contributed by atoms with Crippen LogP contribution in [0, 0.1) is 11.3 Å². The summed E-state index contributed by atoms with van der Waals surface area (Å²) < 4.78 is 1.48. The Kier molecular flexibility index (Phi) is 4.33. The van der Waals surface area contributed by atoms with E-state index in [2.05, 4.69) is 0 Å². The molecule has 2 aromatic rings. The number of hydrogen-bond acceptors (Lipinski definition) is 4. The average molecular weight is 288 g/mol. The maximum Gasteiger partial charge on any atom is 0.303 e. The number of hydrogen-bond donors (Lipinski definition) is 1. The van der Waals surface area contributed by atoms with Crippen LogP contribution in [0.25, 0.3) is 10.6 Å². The maximum absolute atomic E-state index is 12.2. The second-order valence-electron chi connectivity index (χ2n) is 4.18. The van der Waals surface area contributed by atoms with Gasteiger partial charge in [0.2, 0.25) is 0 Å². The number of nitrogens with zero attached hydrogens (tertiary/aromatic N) is 2. The summed E-state index contributed by atoms with van der Waals surface area (Å²) in [6.45, 7) is 0.286. The van der Waals surface area contributed by atoms with Gasteiger partial charge in [-0.25, -0.2) is 0 Å². The summed E-state index contributed by atoms with van der Waals surface area (Å²) in [5.41, 5.74) is 0.416. The molecular weight excluding hydrogens is 276 g/mol. The minimum Gasteiger partial charge on any atom is -0.481 e. The van der Waals surface area contributed by atoms with E-state index in [0.29, 0.717) is 6.42 Å². The van der Waals surface area contributed by atoms with Crippen LogP contribution in [-0.2, 0) is 11.3 Å². The number of nitriles is 1. The van der Waals surface area contributed by atoms with Crippen LogP contribution in [0.5, 0.6) is 0 Å². The highest BCUT2D eigenvalue weighted by atomic mass is 32.1. The van der Waals surface area contributed by atoms with Gasteiger partial charge in [-0.15, -0.1) is 11.3 Å². The van der Waals surface area contributed by atoms with Gasteiger partial charge in [-0.05, 0) is 30.0 Å². The van der Waals surface area contributed by atoms with Gasteiger partial charge in [0.25, 0.3) is 5.56 Å². The molecule has 5 nitrogen and oxygen atoms in total. The van der Waals surface area contributed by atoms with Crippen LogP contribution < -0.4 is 5.56 Å². The van der Waals surface area contributed by atoms with Gasteiger partial charge in [0, 0.05) is 13.0 Å². The van der Waals surface area contributed by atoms with Crippen molar-refractivity contribution in [1.82, 2.24) is 4.57 Å². The fourth-order valence-corrected chi connectivity index (χ4v) is 2.67. The van der Waals surface area contributed by atoms with Crippen molar-refractivity contribution in [1.29, 1.82) is 5.26 Å². The summed E-state index contributed by atoms with van der Waals surface area (Å²) in [4.78, 5) is 23.7. The summed E-state index contributed by atoms with van der Waals surface area (Å²) in [5, 5.41) is 19.5. The van der Waals surface area contributed by atoms with Crippen molar-refractivity contribution in [3.63, 3.8) is 0 Å². The van der Waals surface area contributed by atoms with E-state index in [4.69, 9.17) is 10.4 Å². The fourth-order valence-electron chi connectivity index (χ4n) is 1.91. The molecule has 0 saturated carbocycles. The van der Waals surface area contributed by atoms with Crippen molar-refractivity contribution < 1.29 is 9.90 Å². The minimum atomic E-state index is -0.896. The van der Waals surface area contributed by atoms with Gasteiger partial charge in [-0.2, -0.15) is 5.26 Å². The van der Waals surface area contributed by atoms with E-state index < -0.39 is 5.97 Å². The van der Waals surface area contributed by atoms with E-state index in [1.54, 1.807) is 6.07 Å². The average Bonchev–Trinajstić information content (AvgIpc) is 2.94. The number of rotatable bonds is 5. The predicted molar refractivity (Wildman–Crippen MR) is 75.6 cm³/mol. The zero-order valence-electron chi connectivity index (χ0n) is 10.6. The lowest BCUT2D eigenvalue weighted by Crippen LogP contribution is -2.24. The Bertz CT molecular complexity index is 711. The summed E-state index contributed by atoms with van der Waals surface area (Å²) >= 11 is 1.49. The van der Waals surface area contributed by atoms with Crippen LogP contribution in [0.15, 0.2) is 34.4 Å². The Hall–Kier alpha value is -2.39. The lowest BCUT2D eigenvalue weighted by atomic mass is 10.2. The van der Waals surface area contributed by atoms with Crippen LogP contribution in [0.4, 0.5) is 0 Å². The molecule has 0 radical (unpaired) electrons. The van der Waals surface area contributed by atoms with E-state index in [9.17, 15) is 9.59 Å². The third kappa shape index (κ3) is 2.95. The van der Waals surface area contributed by atoms with Crippen LogP contribution in [-0.4, -0.2) is 15.6 Å². The van der Waals surface area contributed by atoms with E-state index in [0.717, 1.165) is 10.6 Å². The van der Waals surface area contributed by atoms with E-state index >= 15 is 0 Å². The smallest absolute Gasteiger partial charge is 0.303 e. The number of pyridine rings is 1. The van der Waals surface area contributed by atoms with Gasteiger partial charge in [0.05, 0.1) is 10.6 Å². The minimum absolute atomic E-state index is 0.00684. The second-order valence-corrected chi connectivity index (χ2v) is 5.12.